The van der Waals surface area contributed by atoms with Crippen LogP contribution in [0.15, 0.2) is 22.7 Å². The van der Waals surface area contributed by atoms with Crippen molar-refractivity contribution in [2.24, 2.45) is 0 Å². The number of rotatable bonds is 2. The van der Waals surface area contributed by atoms with Gasteiger partial charge in [0, 0.05) is 37.2 Å². The lowest BCUT2D eigenvalue weighted by molar-refractivity contribution is 0.148. The van der Waals surface area contributed by atoms with E-state index in [0.29, 0.717) is 0 Å². The van der Waals surface area contributed by atoms with E-state index in [1.165, 1.54) is 41.8 Å². The molecule has 0 N–H and O–H groups in total. The van der Waals surface area contributed by atoms with E-state index < -0.39 is 0 Å². The maximum absolute atomic E-state index is 3.65. The lowest BCUT2D eigenvalue weighted by Gasteiger charge is -2.32. The van der Waals surface area contributed by atoms with Crippen molar-refractivity contribution in [2.75, 3.05) is 33.2 Å². The Morgan fingerprint density at radius 3 is 2.50 bits per heavy atom. The van der Waals surface area contributed by atoms with Crippen LogP contribution in [0.4, 0.5) is 0 Å². The third-order valence-electron chi connectivity index (χ3n) is 3.20. The molecule has 0 saturated carbocycles. The van der Waals surface area contributed by atoms with Gasteiger partial charge in [-0.05, 0) is 31.2 Å². The number of halogens is 1. The zero-order chi connectivity index (χ0) is 11.5. The average Bonchev–Trinajstić information content (AvgIpc) is 2.25. The van der Waals surface area contributed by atoms with Gasteiger partial charge in [-0.25, -0.2) is 0 Å². The molecule has 0 atom stereocenters. The summed E-state index contributed by atoms with van der Waals surface area (Å²) in [5.41, 5.74) is 2.71. The van der Waals surface area contributed by atoms with Gasteiger partial charge in [0.25, 0.3) is 0 Å². The van der Waals surface area contributed by atoms with Crippen molar-refractivity contribution >= 4 is 15.9 Å². The molecule has 1 heterocycles. The lowest BCUT2D eigenvalue weighted by Crippen LogP contribution is -2.43. The van der Waals surface area contributed by atoms with Crippen LogP contribution in [0.1, 0.15) is 11.1 Å². The second-order valence-electron chi connectivity index (χ2n) is 4.67. The van der Waals surface area contributed by atoms with Crippen LogP contribution in [-0.4, -0.2) is 43.0 Å². The fourth-order valence-corrected chi connectivity index (χ4v) is 2.65. The fraction of sp³-hybridized carbons (Fsp3) is 0.538. The zero-order valence-electron chi connectivity index (χ0n) is 10.0. The molecule has 1 aliphatic rings. The van der Waals surface area contributed by atoms with Crippen molar-refractivity contribution in [3.05, 3.63) is 33.8 Å². The number of hydrogen-bond donors (Lipinski definition) is 0. The van der Waals surface area contributed by atoms with E-state index >= 15 is 0 Å². The van der Waals surface area contributed by atoms with E-state index in [0.717, 1.165) is 6.54 Å². The van der Waals surface area contributed by atoms with Gasteiger partial charge in [-0.15, -0.1) is 0 Å². The van der Waals surface area contributed by atoms with E-state index in [-0.39, 0.29) is 0 Å². The van der Waals surface area contributed by atoms with Gasteiger partial charge >= 0.3 is 0 Å². The molecule has 1 fully saturated rings. The van der Waals surface area contributed by atoms with Gasteiger partial charge in [-0.3, -0.25) is 4.90 Å². The number of nitrogens with zero attached hydrogens (tertiary/aromatic N) is 2. The Morgan fingerprint density at radius 2 is 1.88 bits per heavy atom. The molecular weight excluding hydrogens is 264 g/mol. The number of likely N-dealkylation sites (N-methyl/N-ethyl adjacent to an activating group) is 1. The molecule has 1 aromatic carbocycles. The van der Waals surface area contributed by atoms with Crippen molar-refractivity contribution < 1.29 is 0 Å². The Hall–Kier alpha value is -0.380. The van der Waals surface area contributed by atoms with Crippen LogP contribution in [0.25, 0.3) is 0 Å². The largest absolute Gasteiger partial charge is 0.304 e. The van der Waals surface area contributed by atoms with E-state index in [1.807, 2.05) is 0 Å². The van der Waals surface area contributed by atoms with Crippen molar-refractivity contribution in [2.45, 2.75) is 13.5 Å². The topological polar surface area (TPSA) is 6.48 Å². The minimum Gasteiger partial charge on any atom is -0.304 e. The summed E-state index contributed by atoms with van der Waals surface area (Å²) in [6, 6.07) is 6.62. The van der Waals surface area contributed by atoms with Crippen molar-refractivity contribution in [1.29, 1.82) is 0 Å². The first-order valence-electron chi connectivity index (χ1n) is 5.81. The molecule has 0 spiro atoms. The van der Waals surface area contributed by atoms with E-state index in [9.17, 15) is 0 Å². The molecule has 2 rings (SSSR count). The first-order valence-corrected chi connectivity index (χ1v) is 6.60. The minimum atomic E-state index is 1.06. The van der Waals surface area contributed by atoms with Gasteiger partial charge in [0.2, 0.25) is 0 Å². The highest BCUT2D eigenvalue weighted by Crippen LogP contribution is 2.20. The zero-order valence-corrected chi connectivity index (χ0v) is 11.6. The highest BCUT2D eigenvalue weighted by atomic mass is 79.9. The molecule has 16 heavy (non-hydrogen) atoms. The van der Waals surface area contributed by atoms with Crippen LogP contribution in [0, 0.1) is 6.92 Å². The Balaban J connectivity index is 1.98. The molecule has 0 aliphatic carbocycles. The van der Waals surface area contributed by atoms with Crippen molar-refractivity contribution in [1.82, 2.24) is 9.80 Å². The molecular formula is C13H19BrN2. The van der Waals surface area contributed by atoms with Gasteiger partial charge in [0.1, 0.15) is 0 Å². The SMILES string of the molecule is Cc1ccc(CN2CCN(C)CC2)c(Br)c1. The molecule has 2 nitrogen and oxygen atoms in total. The summed E-state index contributed by atoms with van der Waals surface area (Å²) in [5, 5.41) is 0. The quantitative estimate of drug-likeness (QED) is 0.823. The summed E-state index contributed by atoms with van der Waals surface area (Å²) in [6.45, 7) is 7.92. The van der Waals surface area contributed by atoms with Crippen molar-refractivity contribution in [3.8, 4) is 0 Å². The Kier molecular flexibility index (Phi) is 4.00. The molecule has 0 aromatic heterocycles. The van der Waals surface area contributed by atoms with Crippen LogP contribution >= 0.6 is 15.9 Å². The number of piperazine rings is 1. The predicted molar refractivity (Wildman–Crippen MR) is 71.7 cm³/mol. The molecule has 1 aromatic rings. The maximum Gasteiger partial charge on any atom is 0.0246 e. The van der Waals surface area contributed by atoms with Gasteiger partial charge in [-0.1, -0.05) is 28.1 Å². The second kappa shape index (κ2) is 5.30. The molecule has 1 saturated heterocycles. The molecule has 3 heteroatoms. The molecule has 0 radical (unpaired) electrons. The molecule has 0 bridgehead atoms. The van der Waals surface area contributed by atoms with E-state index in [1.54, 1.807) is 0 Å². The molecule has 0 unspecified atom stereocenters. The van der Waals surface area contributed by atoms with Gasteiger partial charge < -0.3 is 4.90 Å². The highest BCUT2D eigenvalue weighted by Gasteiger charge is 2.14. The van der Waals surface area contributed by atoms with E-state index in [2.05, 4.69) is 57.9 Å². The van der Waals surface area contributed by atoms with Crippen LogP contribution in [0.2, 0.25) is 0 Å². The van der Waals surface area contributed by atoms with Gasteiger partial charge in [0.05, 0.1) is 0 Å². The number of aryl methyl sites for hydroxylation is 1. The Bertz CT molecular complexity index is 357. The van der Waals surface area contributed by atoms with Crippen LogP contribution in [0.5, 0.6) is 0 Å². The van der Waals surface area contributed by atoms with Gasteiger partial charge in [0.15, 0.2) is 0 Å². The summed E-state index contributed by atoms with van der Waals surface area (Å²) in [4.78, 5) is 4.91. The minimum absolute atomic E-state index is 1.06. The van der Waals surface area contributed by atoms with Crippen LogP contribution < -0.4 is 0 Å². The second-order valence-corrected chi connectivity index (χ2v) is 5.53. The Labute approximate surface area is 106 Å². The summed E-state index contributed by atoms with van der Waals surface area (Å²) in [7, 11) is 2.19. The summed E-state index contributed by atoms with van der Waals surface area (Å²) >= 11 is 3.65. The Morgan fingerprint density at radius 1 is 1.19 bits per heavy atom. The molecule has 0 amide bonds. The van der Waals surface area contributed by atoms with Crippen molar-refractivity contribution in [3.63, 3.8) is 0 Å². The normalized spacial score (nSPS) is 18.9. The fourth-order valence-electron chi connectivity index (χ4n) is 2.03. The number of benzene rings is 1. The molecule has 1 aliphatic heterocycles. The number of hydrogen-bond acceptors (Lipinski definition) is 2. The molecule has 88 valence electrons. The van der Waals surface area contributed by atoms with Crippen LogP contribution in [-0.2, 0) is 6.54 Å². The average molecular weight is 283 g/mol. The first-order chi connectivity index (χ1) is 7.65. The monoisotopic (exact) mass is 282 g/mol. The predicted octanol–water partition coefficient (Wildman–Crippen LogP) is 2.50. The third kappa shape index (κ3) is 3.06. The highest BCUT2D eigenvalue weighted by molar-refractivity contribution is 9.10. The maximum atomic E-state index is 3.65. The smallest absolute Gasteiger partial charge is 0.0246 e. The third-order valence-corrected chi connectivity index (χ3v) is 3.94. The standard InChI is InChI=1S/C13H19BrN2/c1-11-3-4-12(13(14)9-11)10-16-7-5-15(2)6-8-16/h3-4,9H,5-8,10H2,1-2H3. The first kappa shape index (κ1) is 12.1. The van der Waals surface area contributed by atoms with E-state index in [4.69, 9.17) is 0 Å². The summed E-state index contributed by atoms with van der Waals surface area (Å²) in [5.74, 6) is 0. The summed E-state index contributed by atoms with van der Waals surface area (Å²) in [6.07, 6.45) is 0. The van der Waals surface area contributed by atoms with Gasteiger partial charge in [-0.2, -0.15) is 0 Å². The lowest BCUT2D eigenvalue weighted by atomic mass is 10.1. The van der Waals surface area contributed by atoms with Crippen LogP contribution in [0.3, 0.4) is 0 Å². The summed E-state index contributed by atoms with van der Waals surface area (Å²) < 4.78 is 1.24.